The largest absolute Gasteiger partial charge is 0.290 e. The summed E-state index contributed by atoms with van der Waals surface area (Å²) in [7, 11) is 0. The normalized spacial score (nSPS) is 22.6. The molecule has 0 saturated carbocycles. The number of hydrogen-bond donors (Lipinski definition) is 0. The van der Waals surface area contributed by atoms with Gasteiger partial charge in [0.25, 0.3) is 0 Å². The Hall–Kier alpha value is -1.08. The van der Waals surface area contributed by atoms with Crippen LogP contribution in [0.1, 0.15) is 44.7 Å². The van der Waals surface area contributed by atoms with E-state index in [2.05, 4.69) is 61.2 Å². The van der Waals surface area contributed by atoms with Crippen molar-refractivity contribution in [1.29, 1.82) is 0 Å². The molecule has 1 aliphatic heterocycles. The molecule has 0 aliphatic carbocycles. The maximum Gasteiger partial charge on any atom is 0.0326 e. The third-order valence-electron chi connectivity index (χ3n) is 3.76. The number of hydrogen-bond acceptors (Lipinski definition) is 1. The molecule has 2 atom stereocenters. The van der Waals surface area contributed by atoms with Gasteiger partial charge in [-0.2, -0.15) is 0 Å². The van der Waals surface area contributed by atoms with E-state index < -0.39 is 0 Å². The van der Waals surface area contributed by atoms with Gasteiger partial charge in [0, 0.05) is 18.6 Å². The summed E-state index contributed by atoms with van der Waals surface area (Å²) < 4.78 is 0. The third kappa shape index (κ3) is 2.98. The SMILES string of the molecule is CCC[C@H]1CC=CCN1[C@H](C)c1ccccc1. The van der Waals surface area contributed by atoms with Gasteiger partial charge in [0.15, 0.2) is 0 Å². The van der Waals surface area contributed by atoms with Gasteiger partial charge in [0.1, 0.15) is 0 Å². The first-order valence-electron chi connectivity index (χ1n) is 6.78. The van der Waals surface area contributed by atoms with E-state index in [1.54, 1.807) is 0 Å². The van der Waals surface area contributed by atoms with Crippen molar-refractivity contribution in [3.63, 3.8) is 0 Å². The summed E-state index contributed by atoms with van der Waals surface area (Å²) in [5.74, 6) is 0. The van der Waals surface area contributed by atoms with Crippen molar-refractivity contribution in [1.82, 2.24) is 4.90 Å². The van der Waals surface area contributed by atoms with Crippen LogP contribution < -0.4 is 0 Å². The van der Waals surface area contributed by atoms with Gasteiger partial charge >= 0.3 is 0 Å². The van der Waals surface area contributed by atoms with E-state index in [0.29, 0.717) is 6.04 Å². The second-order valence-corrected chi connectivity index (χ2v) is 4.93. The van der Waals surface area contributed by atoms with Gasteiger partial charge in [-0.1, -0.05) is 55.8 Å². The van der Waals surface area contributed by atoms with E-state index >= 15 is 0 Å². The van der Waals surface area contributed by atoms with E-state index in [9.17, 15) is 0 Å². The van der Waals surface area contributed by atoms with E-state index in [1.807, 2.05) is 0 Å². The molecule has 0 amide bonds. The van der Waals surface area contributed by atoms with E-state index in [1.165, 1.54) is 24.8 Å². The first-order chi connectivity index (χ1) is 8.33. The quantitative estimate of drug-likeness (QED) is 0.700. The smallest absolute Gasteiger partial charge is 0.0326 e. The molecule has 2 rings (SSSR count). The standard InChI is InChI=1S/C16H23N/c1-3-9-16-12-7-8-13-17(16)14(2)15-10-5-4-6-11-15/h4-8,10-11,14,16H,3,9,12-13H2,1-2H3/t14-,16+/m1/s1. The molecule has 1 aliphatic rings. The molecule has 0 bridgehead atoms. The van der Waals surface area contributed by atoms with Crippen LogP contribution in [-0.2, 0) is 0 Å². The van der Waals surface area contributed by atoms with Crippen LogP contribution in [0.5, 0.6) is 0 Å². The summed E-state index contributed by atoms with van der Waals surface area (Å²) in [5.41, 5.74) is 1.43. The Labute approximate surface area is 105 Å². The zero-order valence-corrected chi connectivity index (χ0v) is 11.0. The fourth-order valence-electron chi connectivity index (χ4n) is 2.75. The topological polar surface area (TPSA) is 3.24 Å². The van der Waals surface area contributed by atoms with Crippen molar-refractivity contribution in [2.45, 2.75) is 45.2 Å². The molecule has 1 heteroatoms. The summed E-state index contributed by atoms with van der Waals surface area (Å²) in [6.45, 7) is 5.71. The molecule has 1 nitrogen and oxygen atoms in total. The van der Waals surface area contributed by atoms with E-state index in [4.69, 9.17) is 0 Å². The van der Waals surface area contributed by atoms with Gasteiger partial charge in [-0.05, 0) is 25.3 Å². The molecule has 1 aromatic rings. The molecule has 92 valence electrons. The predicted octanol–water partition coefficient (Wildman–Crippen LogP) is 4.18. The number of benzene rings is 1. The first-order valence-corrected chi connectivity index (χ1v) is 6.78. The summed E-state index contributed by atoms with van der Waals surface area (Å²) in [6.07, 6.45) is 8.45. The molecule has 1 aromatic carbocycles. The predicted molar refractivity (Wildman–Crippen MR) is 74.0 cm³/mol. The van der Waals surface area contributed by atoms with Crippen LogP contribution in [0.3, 0.4) is 0 Å². The Morgan fingerprint density at radius 3 is 2.71 bits per heavy atom. The Morgan fingerprint density at radius 1 is 1.24 bits per heavy atom. The molecule has 0 N–H and O–H groups in total. The molecule has 0 spiro atoms. The zero-order chi connectivity index (χ0) is 12.1. The van der Waals surface area contributed by atoms with E-state index in [-0.39, 0.29) is 0 Å². The van der Waals surface area contributed by atoms with Crippen LogP contribution in [0, 0.1) is 0 Å². The van der Waals surface area contributed by atoms with Gasteiger partial charge in [-0.25, -0.2) is 0 Å². The number of rotatable bonds is 4. The maximum absolute atomic E-state index is 2.64. The average molecular weight is 229 g/mol. The summed E-state index contributed by atoms with van der Waals surface area (Å²) >= 11 is 0. The maximum atomic E-state index is 2.64. The summed E-state index contributed by atoms with van der Waals surface area (Å²) in [4.78, 5) is 2.64. The zero-order valence-electron chi connectivity index (χ0n) is 11.0. The van der Waals surface area contributed by atoms with Gasteiger partial charge in [-0.3, -0.25) is 4.90 Å². The monoisotopic (exact) mass is 229 g/mol. The van der Waals surface area contributed by atoms with Crippen molar-refractivity contribution < 1.29 is 0 Å². The molecule has 0 radical (unpaired) electrons. The third-order valence-corrected chi connectivity index (χ3v) is 3.76. The van der Waals surface area contributed by atoms with Crippen molar-refractivity contribution in [3.05, 3.63) is 48.0 Å². The van der Waals surface area contributed by atoms with Crippen molar-refractivity contribution in [2.24, 2.45) is 0 Å². The van der Waals surface area contributed by atoms with Gasteiger partial charge < -0.3 is 0 Å². The Balaban J connectivity index is 2.11. The molecular formula is C16H23N. The molecule has 0 unspecified atom stereocenters. The molecule has 0 saturated heterocycles. The highest BCUT2D eigenvalue weighted by atomic mass is 15.2. The lowest BCUT2D eigenvalue weighted by molar-refractivity contribution is 0.145. The minimum atomic E-state index is 0.526. The lowest BCUT2D eigenvalue weighted by Crippen LogP contribution is -2.39. The molecule has 0 aromatic heterocycles. The Morgan fingerprint density at radius 2 is 2.00 bits per heavy atom. The highest BCUT2D eigenvalue weighted by Gasteiger charge is 2.24. The van der Waals surface area contributed by atoms with Crippen LogP contribution in [-0.4, -0.2) is 17.5 Å². The fraction of sp³-hybridized carbons (Fsp3) is 0.500. The van der Waals surface area contributed by atoms with Crippen LogP contribution in [0.2, 0.25) is 0 Å². The van der Waals surface area contributed by atoms with Gasteiger partial charge in [0.2, 0.25) is 0 Å². The first kappa shape index (κ1) is 12.4. The summed E-state index contributed by atoms with van der Waals surface area (Å²) in [5, 5.41) is 0. The lowest BCUT2D eigenvalue weighted by atomic mass is 9.98. The van der Waals surface area contributed by atoms with Crippen LogP contribution in [0.25, 0.3) is 0 Å². The molecule has 17 heavy (non-hydrogen) atoms. The average Bonchev–Trinajstić information content (AvgIpc) is 2.40. The highest BCUT2D eigenvalue weighted by molar-refractivity contribution is 5.19. The fourth-order valence-corrected chi connectivity index (χ4v) is 2.75. The minimum absolute atomic E-state index is 0.526. The van der Waals surface area contributed by atoms with Crippen molar-refractivity contribution in [3.8, 4) is 0 Å². The molecule has 0 fully saturated rings. The number of nitrogens with zero attached hydrogens (tertiary/aromatic N) is 1. The Kier molecular flexibility index (Phi) is 4.38. The van der Waals surface area contributed by atoms with Crippen LogP contribution in [0.15, 0.2) is 42.5 Å². The summed E-state index contributed by atoms with van der Waals surface area (Å²) in [6, 6.07) is 12.1. The molecular weight excluding hydrogens is 206 g/mol. The van der Waals surface area contributed by atoms with Crippen LogP contribution in [0.4, 0.5) is 0 Å². The van der Waals surface area contributed by atoms with E-state index in [0.717, 1.165) is 12.6 Å². The second-order valence-electron chi connectivity index (χ2n) is 4.93. The highest BCUT2D eigenvalue weighted by Crippen LogP contribution is 2.27. The Bertz CT molecular complexity index is 355. The van der Waals surface area contributed by atoms with Crippen LogP contribution >= 0.6 is 0 Å². The lowest BCUT2D eigenvalue weighted by Gasteiger charge is -2.37. The van der Waals surface area contributed by atoms with Crippen molar-refractivity contribution in [2.75, 3.05) is 6.54 Å². The minimum Gasteiger partial charge on any atom is -0.290 e. The van der Waals surface area contributed by atoms with Gasteiger partial charge in [0.05, 0.1) is 0 Å². The van der Waals surface area contributed by atoms with Gasteiger partial charge in [-0.15, -0.1) is 0 Å². The second kappa shape index (κ2) is 6.02. The van der Waals surface area contributed by atoms with Crippen molar-refractivity contribution >= 4 is 0 Å². The molecule has 1 heterocycles.